The molecule has 0 saturated heterocycles. The molecule has 3 heterocycles. The topological polar surface area (TPSA) is 76.7 Å². The van der Waals surface area contributed by atoms with E-state index in [4.69, 9.17) is 9.47 Å². The van der Waals surface area contributed by atoms with Gasteiger partial charge in [0.1, 0.15) is 16.0 Å². The highest BCUT2D eigenvalue weighted by Crippen LogP contribution is 2.43. The molecule has 8 heteroatoms. The van der Waals surface area contributed by atoms with E-state index in [9.17, 15) is 9.59 Å². The number of amides is 1. The Hall–Kier alpha value is -2.84. The van der Waals surface area contributed by atoms with Crippen LogP contribution in [0.1, 0.15) is 55.5 Å². The number of hydrogen-bond acceptors (Lipinski definition) is 7. The lowest BCUT2D eigenvalue weighted by Crippen LogP contribution is -2.38. The molecule has 0 unspecified atom stereocenters. The average Bonchev–Trinajstić information content (AvgIpc) is 3.41. The Morgan fingerprint density at radius 2 is 2.06 bits per heavy atom. The van der Waals surface area contributed by atoms with Crippen molar-refractivity contribution >= 4 is 39.6 Å². The van der Waals surface area contributed by atoms with Gasteiger partial charge in [0.2, 0.25) is 0 Å². The summed E-state index contributed by atoms with van der Waals surface area (Å²) in [5.74, 6) is 0.961. The van der Waals surface area contributed by atoms with Crippen molar-refractivity contribution in [3.63, 3.8) is 0 Å². The summed E-state index contributed by atoms with van der Waals surface area (Å²) < 4.78 is 11.0. The molecule has 2 atom stereocenters. The smallest absolute Gasteiger partial charge is 0.353 e. The van der Waals surface area contributed by atoms with Crippen molar-refractivity contribution in [2.75, 3.05) is 12.4 Å². The molecular formula is C23H22N2O4S2. The summed E-state index contributed by atoms with van der Waals surface area (Å²) in [6.07, 6.45) is 2.73. The molecule has 1 aromatic carbocycles. The Balaban J connectivity index is 1.40. The molecule has 3 aromatic rings. The molecule has 2 aromatic heterocycles. The number of methoxy groups -OCH3 is 1. The van der Waals surface area contributed by atoms with E-state index < -0.39 is 5.97 Å². The number of benzene rings is 1. The molecule has 2 N–H and O–H groups in total. The van der Waals surface area contributed by atoms with Gasteiger partial charge in [-0.3, -0.25) is 4.79 Å². The van der Waals surface area contributed by atoms with Crippen LogP contribution in [0.15, 0.2) is 35.7 Å². The van der Waals surface area contributed by atoms with Crippen LogP contribution in [0.4, 0.5) is 5.00 Å². The predicted molar refractivity (Wildman–Crippen MR) is 122 cm³/mol. The zero-order valence-corrected chi connectivity index (χ0v) is 18.8. The first-order valence-corrected chi connectivity index (χ1v) is 11.9. The van der Waals surface area contributed by atoms with E-state index in [2.05, 4.69) is 17.6 Å². The molecular weight excluding hydrogens is 432 g/mol. The lowest BCUT2D eigenvalue weighted by molar-refractivity contribution is 0.0734. The maximum atomic E-state index is 12.9. The predicted octanol–water partition coefficient (Wildman–Crippen LogP) is 5.02. The van der Waals surface area contributed by atoms with E-state index in [1.807, 2.05) is 11.4 Å². The number of carbonyl (C=O) groups excluding carboxylic acids is 2. The van der Waals surface area contributed by atoms with Gasteiger partial charge in [-0.1, -0.05) is 19.1 Å². The molecule has 1 aliphatic heterocycles. The largest absolute Gasteiger partial charge is 0.493 e. The van der Waals surface area contributed by atoms with Crippen LogP contribution in [0.2, 0.25) is 0 Å². The summed E-state index contributed by atoms with van der Waals surface area (Å²) in [6.45, 7) is 2.26. The van der Waals surface area contributed by atoms with Crippen LogP contribution in [0, 0.1) is 5.92 Å². The molecule has 6 nitrogen and oxygen atoms in total. The summed E-state index contributed by atoms with van der Waals surface area (Å²) in [6, 6.07) is 8.84. The molecule has 0 spiro atoms. The zero-order valence-electron chi connectivity index (χ0n) is 17.2. The fourth-order valence-electron chi connectivity index (χ4n) is 4.12. The molecule has 31 heavy (non-hydrogen) atoms. The van der Waals surface area contributed by atoms with Gasteiger partial charge in [0.05, 0.1) is 12.7 Å². The quantitative estimate of drug-likeness (QED) is 0.428. The average molecular weight is 455 g/mol. The van der Waals surface area contributed by atoms with E-state index in [1.165, 1.54) is 28.9 Å². The number of nitrogens with one attached hydrogen (secondary N) is 2. The van der Waals surface area contributed by atoms with E-state index in [1.54, 1.807) is 35.6 Å². The number of thiophene rings is 2. The van der Waals surface area contributed by atoms with E-state index in [0.29, 0.717) is 22.3 Å². The fourth-order valence-corrected chi connectivity index (χ4v) is 6.16. The second-order valence-electron chi connectivity index (χ2n) is 7.88. The van der Waals surface area contributed by atoms with Crippen molar-refractivity contribution in [1.29, 1.82) is 0 Å². The lowest BCUT2D eigenvalue weighted by Gasteiger charge is -2.27. The SMILES string of the molecule is COc1cc([C@@H]2NC(=O)c3c(sc4c3CC[C@@H](C)C4)N2)ccc1OC(=O)c1cccs1. The Kier molecular flexibility index (Phi) is 5.19. The van der Waals surface area contributed by atoms with Crippen LogP contribution in [-0.2, 0) is 12.8 Å². The van der Waals surface area contributed by atoms with Gasteiger partial charge < -0.3 is 20.1 Å². The van der Waals surface area contributed by atoms with Gasteiger partial charge in [0.15, 0.2) is 11.5 Å². The summed E-state index contributed by atoms with van der Waals surface area (Å²) in [5, 5.41) is 9.30. The van der Waals surface area contributed by atoms with Gasteiger partial charge in [-0.25, -0.2) is 4.79 Å². The second kappa shape index (κ2) is 8.01. The van der Waals surface area contributed by atoms with Crippen molar-refractivity contribution in [2.45, 2.75) is 32.4 Å². The molecule has 0 saturated carbocycles. The maximum Gasteiger partial charge on any atom is 0.353 e. The van der Waals surface area contributed by atoms with Crippen molar-refractivity contribution in [3.05, 3.63) is 62.2 Å². The number of rotatable bonds is 4. The van der Waals surface area contributed by atoms with Gasteiger partial charge in [0, 0.05) is 4.88 Å². The van der Waals surface area contributed by atoms with Gasteiger partial charge in [-0.15, -0.1) is 22.7 Å². The number of carbonyl (C=O) groups is 2. The molecule has 1 amide bonds. The second-order valence-corrected chi connectivity index (χ2v) is 9.94. The Morgan fingerprint density at radius 3 is 2.84 bits per heavy atom. The van der Waals surface area contributed by atoms with Crippen molar-refractivity contribution in [1.82, 2.24) is 5.32 Å². The number of anilines is 1. The third-order valence-electron chi connectivity index (χ3n) is 5.74. The van der Waals surface area contributed by atoms with Gasteiger partial charge in [0.25, 0.3) is 5.91 Å². The van der Waals surface area contributed by atoms with Gasteiger partial charge in [-0.05, 0) is 59.9 Å². The highest BCUT2D eigenvalue weighted by molar-refractivity contribution is 7.16. The minimum absolute atomic E-state index is 0.0435. The summed E-state index contributed by atoms with van der Waals surface area (Å²) >= 11 is 3.02. The number of ether oxygens (including phenoxy) is 2. The highest BCUT2D eigenvalue weighted by Gasteiger charge is 2.33. The standard InChI is InChI=1S/C23H22N2O4S2/c1-12-5-7-14-18(10-12)31-22-19(14)21(26)24-20(25-22)13-6-8-15(16(11-13)28-2)29-23(27)17-4-3-9-30-17/h3-4,6,8-9,11-12,20,25H,5,7,10H2,1-2H3,(H,24,26)/t12-,20-/m1/s1. The minimum atomic E-state index is -0.423. The van der Waals surface area contributed by atoms with E-state index in [0.717, 1.165) is 35.4 Å². The van der Waals surface area contributed by atoms with E-state index in [-0.39, 0.29) is 12.1 Å². The third-order valence-corrected chi connectivity index (χ3v) is 7.77. The summed E-state index contributed by atoms with van der Waals surface area (Å²) in [5.41, 5.74) is 2.83. The fraction of sp³-hybridized carbons (Fsp3) is 0.304. The summed E-state index contributed by atoms with van der Waals surface area (Å²) in [4.78, 5) is 27.1. The van der Waals surface area contributed by atoms with Crippen LogP contribution in [0.3, 0.4) is 0 Å². The first-order valence-electron chi connectivity index (χ1n) is 10.2. The van der Waals surface area contributed by atoms with Gasteiger partial charge in [-0.2, -0.15) is 0 Å². The van der Waals surface area contributed by atoms with Crippen LogP contribution < -0.4 is 20.1 Å². The van der Waals surface area contributed by atoms with Crippen LogP contribution in [0.25, 0.3) is 0 Å². The third kappa shape index (κ3) is 3.70. The van der Waals surface area contributed by atoms with Crippen molar-refractivity contribution in [3.8, 4) is 11.5 Å². The molecule has 2 aliphatic rings. The molecule has 0 fully saturated rings. The van der Waals surface area contributed by atoms with Crippen LogP contribution in [0.5, 0.6) is 11.5 Å². The molecule has 1 aliphatic carbocycles. The Bertz CT molecular complexity index is 1150. The number of esters is 1. The molecule has 160 valence electrons. The maximum absolute atomic E-state index is 12.9. The van der Waals surface area contributed by atoms with Gasteiger partial charge >= 0.3 is 5.97 Å². The molecule has 0 bridgehead atoms. The first-order chi connectivity index (χ1) is 15.0. The normalized spacial score (nSPS) is 19.6. The number of fused-ring (bicyclic) bond motifs is 3. The monoisotopic (exact) mass is 454 g/mol. The molecule has 5 rings (SSSR count). The van der Waals surface area contributed by atoms with Crippen molar-refractivity contribution in [2.24, 2.45) is 5.92 Å². The number of hydrogen-bond donors (Lipinski definition) is 2. The molecule has 0 radical (unpaired) electrons. The van der Waals surface area contributed by atoms with Crippen molar-refractivity contribution < 1.29 is 19.1 Å². The minimum Gasteiger partial charge on any atom is -0.493 e. The van der Waals surface area contributed by atoms with Crippen LogP contribution >= 0.6 is 22.7 Å². The Labute approximate surface area is 188 Å². The highest BCUT2D eigenvalue weighted by atomic mass is 32.1. The van der Waals surface area contributed by atoms with Crippen LogP contribution in [-0.4, -0.2) is 19.0 Å². The zero-order chi connectivity index (χ0) is 21.5. The Morgan fingerprint density at radius 1 is 1.19 bits per heavy atom. The summed E-state index contributed by atoms with van der Waals surface area (Å²) in [7, 11) is 1.53. The lowest BCUT2D eigenvalue weighted by atomic mass is 9.88. The van der Waals surface area contributed by atoms with E-state index >= 15 is 0 Å². The first kappa shape index (κ1) is 20.1.